The molecular weight excluding hydrogens is 232 g/mol. The first-order valence-electron chi connectivity index (χ1n) is 5.81. The molecule has 0 saturated carbocycles. The van der Waals surface area contributed by atoms with E-state index in [9.17, 15) is 9.90 Å². The van der Waals surface area contributed by atoms with Crippen molar-refractivity contribution in [1.29, 1.82) is 0 Å². The van der Waals surface area contributed by atoms with Gasteiger partial charge in [0.05, 0.1) is 7.11 Å². The molecule has 4 N–H and O–H groups in total. The third kappa shape index (κ3) is 3.72. The van der Waals surface area contributed by atoms with Gasteiger partial charge in [-0.15, -0.1) is 0 Å². The molecule has 2 unspecified atom stereocenters. The maximum absolute atomic E-state index is 10.7. The second-order valence-electron chi connectivity index (χ2n) is 4.29. The fraction of sp³-hybridized carbons (Fsp3) is 0.462. The van der Waals surface area contributed by atoms with Crippen LogP contribution in [0.3, 0.4) is 0 Å². The molecular formula is C13H20N2O3. The number of nitrogens with one attached hydrogen (secondary N) is 1. The number of nitrogens with two attached hydrogens (primary N) is 1. The summed E-state index contributed by atoms with van der Waals surface area (Å²) in [7, 11) is 1.61. The van der Waals surface area contributed by atoms with Gasteiger partial charge in [-0.25, -0.2) is 0 Å². The van der Waals surface area contributed by atoms with Crippen LogP contribution in [-0.4, -0.2) is 30.8 Å². The molecule has 5 nitrogen and oxygen atoms in total. The molecule has 0 heterocycles. The monoisotopic (exact) mass is 252 g/mol. The van der Waals surface area contributed by atoms with Crippen LogP contribution < -0.4 is 15.8 Å². The van der Waals surface area contributed by atoms with Crippen LogP contribution in [0.1, 0.15) is 24.1 Å². The molecule has 0 bridgehead atoms. The summed E-state index contributed by atoms with van der Waals surface area (Å²) < 4.78 is 5.31. The van der Waals surface area contributed by atoms with Crippen LogP contribution in [0.5, 0.6) is 5.75 Å². The standard InChI is InChI=1S/C13H20N2O3/c1-8-4-5-10(12(6-8)18-3)9(2)15-7-11(16)13(14)17/h4-6,9,11,15-16H,7H2,1-3H3,(H2,14,17). The lowest BCUT2D eigenvalue weighted by Gasteiger charge is -2.18. The predicted molar refractivity (Wildman–Crippen MR) is 69.3 cm³/mol. The van der Waals surface area contributed by atoms with Gasteiger partial charge in [0.25, 0.3) is 0 Å². The van der Waals surface area contributed by atoms with Gasteiger partial charge >= 0.3 is 0 Å². The Labute approximate surface area is 107 Å². The minimum atomic E-state index is -1.18. The van der Waals surface area contributed by atoms with E-state index in [-0.39, 0.29) is 12.6 Å². The molecule has 0 saturated heterocycles. The summed E-state index contributed by atoms with van der Waals surface area (Å²) >= 11 is 0. The van der Waals surface area contributed by atoms with E-state index < -0.39 is 12.0 Å². The predicted octanol–water partition coefficient (Wildman–Crippen LogP) is 0.500. The molecule has 100 valence electrons. The normalized spacial score (nSPS) is 14.0. The lowest BCUT2D eigenvalue weighted by Crippen LogP contribution is -2.38. The third-order valence-corrected chi connectivity index (χ3v) is 2.80. The molecule has 2 atom stereocenters. The molecule has 0 spiro atoms. The van der Waals surface area contributed by atoms with Gasteiger partial charge in [-0.1, -0.05) is 12.1 Å². The molecule has 1 aromatic rings. The summed E-state index contributed by atoms with van der Waals surface area (Å²) in [6, 6.07) is 5.84. The summed E-state index contributed by atoms with van der Waals surface area (Å²) in [6.45, 7) is 4.04. The van der Waals surface area contributed by atoms with Gasteiger partial charge in [0, 0.05) is 18.2 Å². The summed E-state index contributed by atoms with van der Waals surface area (Å²) in [5.41, 5.74) is 7.07. The first-order valence-corrected chi connectivity index (χ1v) is 5.81. The Hall–Kier alpha value is -1.59. The number of hydrogen-bond donors (Lipinski definition) is 3. The molecule has 1 aromatic carbocycles. The van der Waals surface area contributed by atoms with Gasteiger partial charge in [-0.05, 0) is 25.5 Å². The molecule has 0 aliphatic heterocycles. The van der Waals surface area contributed by atoms with E-state index in [0.717, 1.165) is 16.9 Å². The van der Waals surface area contributed by atoms with E-state index in [1.807, 2.05) is 32.0 Å². The number of benzene rings is 1. The van der Waals surface area contributed by atoms with Gasteiger partial charge in [-0.3, -0.25) is 4.79 Å². The van der Waals surface area contributed by atoms with Crippen LogP contribution in [0.4, 0.5) is 0 Å². The zero-order valence-corrected chi connectivity index (χ0v) is 10.9. The SMILES string of the molecule is COc1cc(C)ccc1C(C)NCC(O)C(N)=O. The number of rotatable bonds is 6. The number of hydrogen-bond acceptors (Lipinski definition) is 4. The fourth-order valence-corrected chi connectivity index (χ4v) is 1.68. The Morgan fingerprint density at radius 3 is 2.78 bits per heavy atom. The topological polar surface area (TPSA) is 84.6 Å². The zero-order chi connectivity index (χ0) is 13.7. The van der Waals surface area contributed by atoms with Crippen LogP contribution in [0.15, 0.2) is 18.2 Å². The third-order valence-electron chi connectivity index (χ3n) is 2.80. The largest absolute Gasteiger partial charge is 0.496 e. The number of aliphatic hydroxyl groups is 1. The number of methoxy groups -OCH3 is 1. The van der Waals surface area contributed by atoms with Gasteiger partial charge in [0.1, 0.15) is 11.9 Å². The van der Waals surface area contributed by atoms with Crippen molar-refractivity contribution in [2.75, 3.05) is 13.7 Å². The van der Waals surface area contributed by atoms with Crippen LogP contribution in [-0.2, 0) is 4.79 Å². The number of carbonyl (C=O) groups is 1. The molecule has 0 fully saturated rings. The minimum absolute atomic E-state index is 0.0467. The fourth-order valence-electron chi connectivity index (χ4n) is 1.68. The lowest BCUT2D eigenvalue weighted by atomic mass is 10.0. The smallest absolute Gasteiger partial charge is 0.247 e. The quantitative estimate of drug-likeness (QED) is 0.688. The van der Waals surface area contributed by atoms with E-state index in [4.69, 9.17) is 10.5 Å². The van der Waals surface area contributed by atoms with Gasteiger partial charge in [0.15, 0.2) is 0 Å². The Kier molecular flexibility index (Phi) is 5.12. The first-order chi connectivity index (χ1) is 8.45. The molecule has 5 heteroatoms. The van der Waals surface area contributed by atoms with E-state index in [2.05, 4.69) is 5.32 Å². The number of carbonyl (C=O) groups excluding carboxylic acids is 1. The van der Waals surface area contributed by atoms with Crippen molar-refractivity contribution >= 4 is 5.91 Å². The lowest BCUT2D eigenvalue weighted by molar-refractivity contribution is -0.125. The van der Waals surface area contributed by atoms with E-state index in [1.165, 1.54) is 0 Å². The first kappa shape index (κ1) is 14.5. The average molecular weight is 252 g/mol. The molecule has 0 aliphatic rings. The Bertz CT molecular complexity index is 421. The van der Waals surface area contributed by atoms with Crippen molar-refractivity contribution in [3.8, 4) is 5.75 Å². The molecule has 1 amide bonds. The van der Waals surface area contributed by atoms with E-state index >= 15 is 0 Å². The minimum Gasteiger partial charge on any atom is -0.496 e. The maximum Gasteiger partial charge on any atom is 0.247 e. The maximum atomic E-state index is 10.7. The molecule has 18 heavy (non-hydrogen) atoms. The van der Waals surface area contributed by atoms with Crippen molar-refractivity contribution in [2.24, 2.45) is 5.73 Å². The molecule has 0 aromatic heterocycles. The number of aryl methyl sites for hydroxylation is 1. The van der Waals surface area contributed by atoms with Crippen molar-refractivity contribution in [3.63, 3.8) is 0 Å². The highest BCUT2D eigenvalue weighted by Crippen LogP contribution is 2.25. The number of primary amides is 1. The summed E-state index contributed by atoms with van der Waals surface area (Å²) in [6.07, 6.45) is -1.18. The van der Waals surface area contributed by atoms with Crippen molar-refractivity contribution in [3.05, 3.63) is 29.3 Å². The molecule has 0 aliphatic carbocycles. The van der Waals surface area contributed by atoms with E-state index in [1.54, 1.807) is 7.11 Å². The second kappa shape index (κ2) is 6.37. The highest BCUT2D eigenvalue weighted by molar-refractivity contribution is 5.78. The van der Waals surface area contributed by atoms with Crippen LogP contribution >= 0.6 is 0 Å². The Balaban J connectivity index is 2.72. The van der Waals surface area contributed by atoms with Crippen molar-refractivity contribution in [2.45, 2.75) is 26.0 Å². The van der Waals surface area contributed by atoms with Crippen molar-refractivity contribution in [1.82, 2.24) is 5.32 Å². The Morgan fingerprint density at radius 2 is 2.22 bits per heavy atom. The number of amides is 1. The summed E-state index contributed by atoms with van der Waals surface area (Å²) in [5.74, 6) is 0.0501. The second-order valence-corrected chi connectivity index (χ2v) is 4.29. The highest BCUT2D eigenvalue weighted by atomic mass is 16.5. The number of aliphatic hydroxyl groups excluding tert-OH is 1. The van der Waals surface area contributed by atoms with Gasteiger partial charge in [0.2, 0.25) is 5.91 Å². The van der Waals surface area contributed by atoms with Gasteiger partial charge in [-0.2, -0.15) is 0 Å². The van der Waals surface area contributed by atoms with Gasteiger partial charge < -0.3 is 20.9 Å². The van der Waals surface area contributed by atoms with Crippen molar-refractivity contribution < 1.29 is 14.6 Å². The highest BCUT2D eigenvalue weighted by Gasteiger charge is 2.15. The molecule has 1 rings (SSSR count). The van der Waals surface area contributed by atoms with Crippen LogP contribution in [0, 0.1) is 6.92 Å². The zero-order valence-electron chi connectivity index (χ0n) is 10.9. The summed E-state index contributed by atoms with van der Waals surface area (Å²) in [5, 5.41) is 12.4. The Morgan fingerprint density at radius 1 is 1.56 bits per heavy atom. The summed E-state index contributed by atoms with van der Waals surface area (Å²) in [4.78, 5) is 10.7. The van der Waals surface area contributed by atoms with E-state index in [0.29, 0.717) is 0 Å². The number of ether oxygens (including phenoxy) is 1. The average Bonchev–Trinajstić information content (AvgIpc) is 2.34. The van der Waals surface area contributed by atoms with Crippen LogP contribution in [0.25, 0.3) is 0 Å². The molecule has 0 radical (unpaired) electrons. The van der Waals surface area contributed by atoms with Crippen LogP contribution in [0.2, 0.25) is 0 Å².